The average Bonchev–Trinajstić information content (AvgIpc) is 2.40. The van der Waals surface area contributed by atoms with E-state index >= 15 is 0 Å². The molecule has 1 heterocycles. The lowest BCUT2D eigenvalue weighted by molar-refractivity contribution is 0.0685. The van der Waals surface area contributed by atoms with Crippen molar-refractivity contribution in [2.45, 2.75) is 6.61 Å². The van der Waals surface area contributed by atoms with Crippen LogP contribution in [0.15, 0.2) is 36.5 Å². The molecule has 0 amide bonds. The van der Waals surface area contributed by atoms with Gasteiger partial charge in [0.25, 0.3) is 0 Å². The van der Waals surface area contributed by atoms with Gasteiger partial charge in [-0.3, -0.25) is 0 Å². The second-order valence-electron chi connectivity index (χ2n) is 3.69. The first kappa shape index (κ1) is 13.3. The third-order valence-electron chi connectivity index (χ3n) is 2.35. The van der Waals surface area contributed by atoms with Crippen LogP contribution in [0.4, 0.5) is 4.39 Å². The zero-order valence-electron chi connectivity index (χ0n) is 9.64. The molecule has 0 atom stereocenters. The third-order valence-corrected chi connectivity index (χ3v) is 2.64. The van der Waals surface area contributed by atoms with Crippen LogP contribution in [0.5, 0.6) is 5.75 Å². The van der Waals surface area contributed by atoms with Crippen LogP contribution >= 0.6 is 11.6 Å². The van der Waals surface area contributed by atoms with E-state index in [1.54, 1.807) is 6.07 Å². The number of hydrogen-bond donors (Lipinski definition) is 1. The van der Waals surface area contributed by atoms with Crippen LogP contribution in [-0.2, 0) is 6.61 Å². The number of halogens is 2. The molecule has 98 valence electrons. The highest BCUT2D eigenvalue weighted by Gasteiger charge is 2.12. The molecule has 0 saturated heterocycles. The number of carboxylic acid groups (broad SMARTS) is 1. The monoisotopic (exact) mass is 281 g/mol. The van der Waals surface area contributed by atoms with E-state index in [1.165, 1.54) is 30.5 Å². The average molecular weight is 282 g/mol. The Kier molecular flexibility index (Phi) is 3.97. The fourth-order valence-electron chi connectivity index (χ4n) is 1.46. The smallest absolute Gasteiger partial charge is 0.358 e. The molecule has 4 nitrogen and oxygen atoms in total. The number of benzene rings is 1. The van der Waals surface area contributed by atoms with Gasteiger partial charge in [-0.25, -0.2) is 14.2 Å². The number of carboxylic acids is 1. The summed E-state index contributed by atoms with van der Waals surface area (Å²) in [7, 11) is 0. The maximum atomic E-state index is 13.0. The summed E-state index contributed by atoms with van der Waals surface area (Å²) in [4.78, 5) is 14.6. The van der Waals surface area contributed by atoms with Crippen molar-refractivity contribution in [2.24, 2.45) is 0 Å². The summed E-state index contributed by atoms with van der Waals surface area (Å²) in [6, 6.07) is 7.23. The normalized spacial score (nSPS) is 10.2. The van der Waals surface area contributed by atoms with Gasteiger partial charge < -0.3 is 9.84 Å². The van der Waals surface area contributed by atoms with Gasteiger partial charge in [0.05, 0.1) is 5.02 Å². The number of rotatable bonds is 4. The topological polar surface area (TPSA) is 59.4 Å². The Bertz CT molecular complexity index is 619. The highest BCUT2D eigenvalue weighted by molar-refractivity contribution is 6.30. The lowest BCUT2D eigenvalue weighted by Gasteiger charge is -2.08. The van der Waals surface area contributed by atoms with Gasteiger partial charge in [-0.05, 0) is 29.8 Å². The van der Waals surface area contributed by atoms with E-state index in [0.29, 0.717) is 5.56 Å². The van der Waals surface area contributed by atoms with Crippen molar-refractivity contribution < 1.29 is 19.0 Å². The Morgan fingerprint density at radius 3 is 2.89 bits per heavy atom. The van der Waals surface area contributed by atoms with E-state index in [2.05, 4.69) is 4.98 Å². The fourth-order valence-corrected chi connectivity index (χ4v) is 1.66. The van der Waals surface area contributed by atoms with Gasteiger partial charge in [0.2, 0.25) is 0 Å². The minimum Gasteiger partial charge on any atom is -0.486 e. The molecule has 6 heteroatoms. The van der Waals surface area contributed by atoms with E-state index < -0.39 is 11.8 Å². The maximum absolute atomic E-state index is 13.0. The first-order chi connectivity index (χ1) is 9.08. The number of ether oxygens (including phenoxy) is 1. The van der Waals surface area contributed by atoms with E-state index in [-0.39, 0.29) is 23.1 Å². The Morgan fingerprint density at radius 1 is 1.42 bits per heavy atom. The molecular formula is C13H9ClFNO3. The van der Waals surface area contributed by atoms with Gasteiger partial charge in [-0.1, -0.05) is 17.7 Å². The lowest BCUT2D eigenvalue weighted by atomic mass is 10.2. The summed E-state index contributed by atoms with van der Waals surface area (Å²) in [5.74, 6) is -1.54. The highest BCUT2D eigenvalue weighted by atomic mass is 35.5. The lowest BCUT2D eigenvalue weighted by Crippen LogP contribution is -2.05. The predicted molar refractivity (Wildman–Crippen MR) is 66.9 cm³/mol. The SMILES string of the molecule is O=C(O)c1ncccc1OCc1ccc(F)c(Cl)c1. The Morgan fingerprint density at radius 2 is 2.21 bits per heavy atom. The van der Waals surface area contributed by atoms with Gasteiger partial charge >= 0.3 is 5.97 Å². The minimum absolute atomic E-state index is 0.00857. The molecule has 0 aliphatic heterocycles. The standard InChI is InChI=1S/C13H9ClFNO3/c14-9-6-8(3-4-10(9)15)7-19-11-2-1-5-16-12(11)13(17)18/h1-6H,7H2,(H,17,18). The minimum atomic E-state index is -1.17. The van der Waals surface area contributed by atoms with E-state index in [4.69, 9.17) is 21.4 Å². The van der Waals surface area contributed by atoms with E-state index in [9.17, 15) is 9.18 Å². The van der Waals surface area contributed by atoms with Crippen molar-refractivity contribution in [3.8, 4) is 5.75 Å². The van der Waals surface area contributed by atoms with E-state index in [0.717, 1.165) is 0 Å². The number of pyridine rings is 1. The first-order valence-corrected chi connectivity index (χ1v) is 5.71. The molecule has 0 aliphatic carbocycles. The molecule has 1 aromatic heterocycles. The molecule has 0 saturated carbocycles. The van der Waals surface area contributed by atoms with Crippen molar-refractivity contribution in [1.82, 2.24) is 4.98 Å². The highest BCUT2D eigenvalue weighted by Crippen LogP contribution is 2.20. The van der Waals surface area contributed by atoms with Gasteiger partial charge in [0, 0.05) is 6.20 Å². The van der Waals surface area contributed by atoms with Crippen molar-refractivity contribution in [3.05, 3.63) is 58.6 Å². The second-order valence-corrected chi connectivity index (χ2v) is 4.10. The molecule has 0 spiro atoms. The summed E-state index contributed by atoms with van der Waals surface area (Å²) < 4.78 is 18.3. The molecular weight excluding hydrogens is 273 g/mol. The molecule has 0 aliphatic rings. The molecule has 1 N–H and O–H groups in total. The van der Waals surface area contributed by atoms with Crippen LogP contribution in [0.25, 0.3) is 0 Å². The van der Waals surface area contributed by atoms with Gasteiger partial charge in [0.15, 0.2) is 11.4 Å². The zero-order chi connectivity index (χ0) is 13.8. The van der Waals surface area contributed by atoms with Crippen LogP contribution in [0.2, 0.25) is 5.02 Å². The number of nitrogens with zero attached hydrogens (tertiary/aromatic N) is 1. The van der Waals surface area contributed by atoms with Gasteiger partial charge in [-0.2, -0.15) is 0 Å². The van der Waals surface area contributed by atoms with Crippen molar-refractivity contribution in [3.63, 3.8) is 0 Å². The van der Waals surface area contributed by atoms with Crippen LogP contribution in [-0.4, -0.2) is 16.1 Å². The Labute approximate surface area is 113 Å². The zero-order valence-corrected chi connectivity index (χ0v) is 10.4. The molecule has 0 bridgehead atoms. The molecule has 1 aromatic carbocycles. The summed E-state index contributed by atoms with van der Waals surface area (Å²) in [6.07, 6.45) is 1.37. The van der Waals surface area contributed by atoms with E-state index in [1.807, 2.05) is 0 Å². The van der Waals surface area contributed by atoms with Crippen LogP contribution in [0.1, 0.15) is 16.1 Å². The van der Waals surface area contributed by atoms with Crippen LogP contribution in [0.3, 0.4) is 0 Å². The van der Waals surface area contributed by atoms with Crippen LogP contribution in [0, 0.1) is 5.82 Å². The predicted octanol–water partition coefficient (Wildman–Crippen LogP) is 3.15. The second kappa shape index (κ2) is 5.67. The number of aromatic carboxylic acids is 1. The fraction of sp³-hybridized carbons (Fsp3) is 0.0769. The van der Waals surface area contributed by atoms with Gasteiger partial charge in [-0.15, -0.1) is 0 Å². The van der Waals surface area contributed by atoms with Gasteiger partial charge in [0.1, 0.15) is 12.4 Å². The Balaban J connectivity index is 2.14. The Hall–Kier alpha value is -2.14. The number of hydrogen-bond acceptors (Lipinski definition) is 3. The molecule has 0 fully saturated rings. The third kappa shape index (κ3) is 3.20. The van der Waals surface area contributed by atoms with Crippen molar-refractivity contribution in [2.75, 3.05) is 0 Å². The molecule has 0 radical (unpaired) electrons. The molecule has 0 unspecified atom stereocenters. The number of aromatic nitrogens is 1. The summed E-state index contributed by atoms with van der Waals surface area (Å²) in [6.45, 7) is 0.0754. The first-order valence-electron chi connectivity index (χ1n) is 5.33. The molecule has 19 heavy (non-hydrogen) atoms. The largest absolute Gasteiger partial charge is 0.486 e. The number of carbonyl (C=O) groups is 1. The summed E-state index contributed by atoms with van der Waals surface area (Å²) >= 11 is 5.64. The molecule has 2 rings (SSSR count). The van der Waals surface area contributed by atoms with Crippen molar-refractivity contribution >= 4 is 17.6 Å². The summed E-state index contributed by atoms with van der Waals surface area (Å²) in [5, 5.41) is 8.92. The maximum Gasteiger partial charge on any atom is 0.358 e. The summed E-state index contributed by atoms with van der Waals surface area (Å²) in [5.41, 5.74) is 0.460. The van der Waals surface area contributed by atoms with Crippen molar-refractivity contribution in [1.29, 1.82) is 0 Å². The quantitative estimate of drug-likeness (QED) is 0.935. The van der Waals surface area contributed by atoms with Crippen LogP contribution < -0.4 is 4.74 Å². The molecule has 2 aromatic rings.